The van der Waals surface area contributed by atoms with Gasteiger partial charge in [-0.3, -0.25) is 9.78 Å². The van der Waals surface area contributed by atoms with E-state index in [9.17, 15) is 4.79 Å². The highest BCUT2D eigenvalue weighted by Gasteiger charge is 2.16. The summed E-state index contributed by atoms with van der Waals surface area (Å²) < 4.78 is 0. The number of nitrogens with one attached hydrogen (secondary N) is 1. The molecule has 4 nitrogen and oxygen atoms in total. The van der Waals surface area contributed by atoms with Crippen molar-refractivity contribution in [1.29, 1.82) is 0 Å². The van der Waals surface area contributed by atoms with Gasteiger partial charge in [0.15, 0.2) is 0 Å². The lowest BCUT2D eigenvalue weighted by atomic mass is 10.1. The highest BCUT2D eigenvalue weighted by atomic mass is 16.1. The molecular formula is C17H27N3O. The van der Waals surface area contributed by atoms with Gasteiger partial charge in [0.05, 0.1) is 11.7 Å². The molecule has 1 aliphatic heterocycles. The summed E-state index contributed by atoms with van der Waals surface area (Å²) in [4.78, 5) is 19.0. The average Bonchev–Trinajstić information content (AvgIpc) is 2.52. The molecule has 0 aliphatic carbocycles. The van der Waals surface area contributed by atoms with E-state index in [1.807, 2.05) is 25.3 Å². The van der Waals surface area contributed by atoms with Gasteiger partial charge in [0.1, 0.15) is 0 Å². The maximum Gasteiger partial charge on any atom is 0.221 e. The Morgan fingerprint density at radius 2 is 2.10 bits per heavy atom. The molecule has 2 rings (SSSR count). The van der Waals surface area contributed by atoms with E-state index >= 15 is 0 Å². The van der Waals surface area contributed by atoms with Crippen LogP contribution in [0.3, 0.4) is 0 Å². The number of rotatable bonds is 6. The van der Waals surface area contributed by atoms with Gasteiger partial charge in [0.2, 0.25) is 5.91 Å². The molecule has 0 spiro atoms. The number of aromatic nitrogens is 1. The van der Waals surface area contributed by atoms with Crippen molar-refractivity contribution in [1.82, 2.24) is 15.2 Å². The maximum absolute atomic E-state index is 12.1. The lowest BCUT2D eigenvalue weighted by Gasteiger charge is -2.26. The number of amides is 1. The molecule has 21 heavy (non-hydrogen) atoms. The number of piperidine rings is 1. The molecule has 1 aromatic heterocycles. The maximum atomic E-state index is 12.1. The molecule has 1 saturated heterocycles. The summed E-state index contributed by atoms with van der Waals surface area (Å²) >= 11 is 0. The Morgan fingerprint density at radius 3 is 2.71 bits per heavy atom. The second kappa shape index (κ2) is 8.13. The Balaban J connectivity index is 1.80. The zero-order chi connectivity index (χ0) is 15.1. The number of carbonyl (C=O) groups excluding carboxylic acids is 1. The number of carbonyl (C=O) groups is 1. The summed E-state index contributed by atoms with van der Waals surface area (Å²) in [7, 11) is 0. The van der Waals surface area contributed by atoms with Gasteiger partial charge >= 0.3 is 0 Å². The van der Waals surface area contributed by atoms with Crippen LogP contribution in [-0.4, -0.2) is 35.4 Å². The Hall–Kier alpha value is -1.42. The lowest BCUT2D eigenvalue weighted by molar-refractivity contribution is -0.122. The van der Waals surface area contributed by atoms with Crippen molar-refractivity contribution in [3.63, 3.8) is 0 Å². The second-order valence-corrected chi connectivity index (χ2v) is 5.94. The van der Waals surface area contributed by atoms with E-state index < -0.39 is 0 Å². The Kier molecular flexibility index (Phi) is 6.18. The lowest BCUT2D eigenvalue weighted by Crippen LogP contribution is -2.35. The van der Waals surface area contributed by atoms with Crippen molar-refractivity contribution in [2.75, 3.05) is 19.6 Å². The van der Waals surface area contributed by atoms with Crippen LogP contribution in [0.4, 0.5) is 0 Å². The molecule has 0 radical (unpaired) electrons. The molecule has 1 amide bonds. The first-order valence-electron chi connectivity index (χ1n) is 8.13. The van der Waals surface area contributed by atoms with Crippen LogP contribution < -0.4 is 5.32 Å². The van der Waals surface area contributed by atoms with Crippen LogP contribution in [-0.2, 0) is 4.79 Å². The fourth-order valence-electron chi connectivity index (χ4n) is 2.78. The van der Waals surface area contributed by atoms with Crippen molar-refractivity contribution >= 4 is 5.91 Å². The van der Waals surface area contributed by atoms with E-state index in [1.165, 1.54) is 19.3 Å². The summed E-state index contributed by atoms with van der Waals surface area (Å²) in [5.74, 6) is 0.134. The van der Waals surface area contributed by atoms with Gasteiger partial charge in [-0.05, 0) is 50.9 Å². The van der Waals surface area contributed by atoms with E-state index in [4.69, 9.17) is 0 Å². The molecule has 1 aliphatic rings. The third-order valence-electron chi connectivity index (χ3n) is 4.14. The van der Waals surface area contributed by atoms with Gasteiger partial charge in [-0.1, -0.05) is 19.4 Å². The first-order valence-corrected chi connectivity index (χ1v) is 8.13. The summed E-state index contributed by atoms with van der Waals surface area (Å²) in [6.45, 7) is 7.27. The van der Waals surface area contributed by atoms with Crippen LogP contribution in [0, 0.1) is 6.92 Å². The van der Waals surface area contributed by atoms with E-state index in [2.05, 4.69) is 22.1 Å². The summed E-state index contributed by atoms with van der Waals surface area (Å²) in [6, 6.07) is 4.08. The first kappa shape index (κ1) is 16.0. The molecule has 0 aromatic carbocycles. The standard InChI is InChI=1S/C17H27N3O/c1-3-15(16-8-7-14(2)13-18-16)19-17(21)9-12-20-10-5-4-6-11-20/h7-8,13,15H,3-6,9-12H2,1-2H3,(H,19,21)/t15-/m1/s1. The number of nitrogens with zero attached hydrogens (tertiary/aromatic N) is 2. The number of aryl methyl sites for hydroxylation is 1. The zero-order valence-corrected chi connectivity index (χ0v) is 13.3. The average molecular weight is 289 g/mol. The molecule has 0 saturated carbocycles. The number of pyridine rings is 1. The zero-order valence-electron chi connectivity index (χ0n) is 13.3. The number of hydrogen-bond acceptors (Lipinski definition) is 3. The molecule has 1 N–H and O–H groups in total. The van der Waals surface area contributed by atoms with Gasteiger partial charge in [-0.15, -0.1) is 0 Å². The van der Waals surface area contributed by atoms with Crippen LogP contribution in [0.1, 0.15) is 56.3 Å². The first-order chi connectivity index (χ1) is 10.2. The third-order valence-corrected chi connectivity index (χ3v) is 4.14. The van der Waals surface area contributed by atoms with Gasteiger partial charge in [0, 0.05) is 19.2 Å². The van der Waals surface area contributed by atoms with Crippen molar-refractivity contribution in [2.45, 2.75) is 52.0 Å². The highest BCUT2D eigenvalue weighted by Crippen LogP contribution is 2.15. The fraction of sp³-hybridized carbons (Fsp3) is 0.647. The van der Waals surface area contributed by atoms with E-state index in [0.29, 0.717) is 6.42 Å². The predicted molar refractivity (Wildman–Crippen MR) is 85.1 cm³/mol. The number of hydrogen-bond donors (Lipinski definition) is 1. The molecular weight excluding hydrogens is 262 g/mol. The van der Waals surface area contributed by atoms with Crippen LogP contribution in [0.5, 0.6) is 0 Å². The Labute approximate surface area is 127 Å². The molecule has 4 heteroatoms. The summed E-state index contributed by atoms with van der Waals surface area (Å²) in [5.41, 5.74) is 2.10. The molecule has 0 unspecified atom stereocenters. The topological polar surface area (TPSA) is 45.2 Å². The highest BCUT2D eigenvalue weighted by molar-refractivity contribution is 5.76. The van der Waals surface area contributed by atoms with E-state index in [1.54, 1.807) is 0 Å². The van der Waals surface area contributed by atoms with E-state index in [0.717, 1.165) is 37.3 Å². The molecule has 0 bridgehead atoms. The Morgan fingerprint density at radius 1 is 1.33 bits per heavy atom. The predicted octanol–water partition coefficient (Wildman–Crippen LogP) is 2.83. The molecule has 1 atom stereocenters. The normalized spacial score (nSPS) is 17.4. The minimum Gasteiger partial charge on any atom is -0.348 e. The van der Waals surface area contributed by atoms with Crippen LogP contribution >= 0.6 is 0 Å². The van der Waals surface area contributed by atoms with Crippen molar-refractivity contribution in [2.24, 2.45) is 0 Å². The Bertz CT molecular complexity index is 438. The molecule has 2 heterocycles. The third kappa shape index (κ3) is 5.12. The van der Waals surface area contributed by atoms with Gasteiger partial charge in [0.25, 0.3) is 0 Å². The van der Waals surface area contributed by atoms with Gasteiger partial charge in [-0.25, -0.2) is 0 Å². The quantitative estimate of drug-likeness (QED) is 0.876. The van der Waals surface area contributed by atoms with Crippen molar-refractivity contribution < 1.29 is 4.79 Å². The van der Waals surface area contributed by atoms with Crippen molar-refractivity contribution in [3.8, 4) is 0 Å². The van der Waals surface area contributed by atoms with Gasteiger partial charge in [-0.2, -0.15) is 0 Å². The van der Waals surface area contributed by atoms with Crippen LogP contribution in [0.25, 0.3) is 0 Å². The summed E-state index contributed by atoms with van der Waals surface area (Å²) in [6.07, 6.45) is 7.18. The van der Waals surface area contributed by atoms with Crippen LogP contribution in [0.15, 0.2) is 18.3 Å². The number of likely N-dealkylation sites (tertiary alicyclic amines) is 1. The smallest absolute Gasteiger partial charge is 0.221 e. The van der Waals surface area contributed by atoms with Gasteiger partial charge < -0.3 is 10.2 Å². The summed E-state index contributed by atoms with van der Waals surface area (Å²) in [5, 5.41) is 3.11. The molecule has 1 fully saturated rings. The minimum absolute atomic E-state index is 0.0273. The second-order valence-electron chi connectivity index (χ2n) is 5.94. The molecule has 1 aromatic rings. The fourth-order valence-corrected chi connectivity index (χ4v) is 2.78. The largest absolute Gasteiger partial charge is 0.348 e. The molecule has 116 valence electrons. The van der Waals surface area contributed by atoms with E-state index in [-0.39, 0.29) is 11.9 Å². The SMILES string of the molecule is CC[C@@H](NC(=O)CCN1CCCCC1)c1ccc(C)cn1. The minimum atomic E-state index is 0.0273. The van der Waals surface area contributed by atoms with Crippen molar-refractivity contribution in [3.05, 3.63) is 29.6 Å². The monoisotopic (exact) mass is 289 g/mol. The van der Waals surface area contributed by atoms with Crippen LogP contribution in [0.2, 0.25) is 0 Å².